The summed E-state index contributed by atoms with van der Waals surface area (Å²) in [6, 6.07) is 29.4. The van der Waals surface area contributed by atoms with Crippen LogP contribution < -0.4 is 0 Å². The summed E-state index contributed by atoms with van der Waals surface area (Å²) >= 11 is 35.1. The Morgan fingerprint density at radius 2 is 0.750 bits per heavy atom. The number of thiophene rings is 6. The molecule has 2 fully saturated rings. The van der Waals surface area contributed by atoms with E-state index in [0.29, 0.717) is 17.3 Å². The quantitative estimate of drug-likeness (QED) is 0.0209. The maximum atomic E-state index is 14.6. The van der Waals surface area contributed by atoms with Gasteiger partial charge in [-0.25, -0.2) is 0 Å². The standard InChI is InChI=1S/C86H110N2O2S14/c1-7-13-19-25-27-33-47-87-81(89)75(103-85(87)91)51-67-49-73-77(83(93-55-63-43-39-59(97-63)35-29-21-15-9-3)94-56-64-44-40-60(98-64)36-30-22-16-10-4)69-54-72-70(53-71(69)79(73)101-67)78(74-50-68(102-80(72)74)52-76-82(90)88(86(92)104-76)48-34-28-26-20-14-8-2)84(95-57-65-45-41-61(99-65)37-31-23-17-11-5)96-58-66-46-42-62(100-66)38-32-24-18-12-6/h39-46,49-51,53-54,76H,7-38,47-48,52,55-58H2,1-6H3/b75-51+. The maximum Gasteiger partial charge on any atom is 0.266 e. The molecule has 1 unspecified atom stereocenters. The third-order valence-electron chi connectivity index (χ3n) is 20.0. The van der Waals surface area contributed by atoms with E-state index in [2.05, 4.69) is 120 Å². The van der Waals surface area contributed by atoms with Crippen LogP contribution in [0, 0.1) is 0 Å². The number of amides is 2. The molecule has 11 rings (SSSR count). The van der Waals surface area contributed by atoms with Crippen LogP contribution in [0.5, 0.6) is 0 Å². The number of carbonyl (C=O) groups excluding carboxylic acids is 2. The first-order valence-corrected chi connectivity index (χ1v) is 50.9. The Morgan fingerprint density at radius 3 is 1.17 bits per heavy atom. The highest BCUT2D eigenvalue weighted by atomic mass is 32.2. The predicted molar refractivity (Wildman–Crippen MR) is 485 cm³/mol. The molecular weight excluding hydrogens is 1540 g/mol. The Labute approximate surface area is 685 Å². The molecule has 8 heterocycles. The van der Waals surface area contributed by atoms with Gasteiger partial charge in [0.2, 0.25) is 5.91 Å². The van der Waals surface area contributed by atoms with Gasteiger partial charge in [-0.15, -0.1) is 115 Å². The molecule has 2 amide bonds. The topological polar surface area (TPSA) is 40.6 Å². The molecule has 2 saturated heterocycles. The van der Waals surface area contributed by atoms with Crippen molar-refractivity contribution in [1.82, 2.24) is 9.80 Å². The fourth-order valence-electron chi connectivity index (χ4n) is 14.2. The van der Waals surface area contributed by atoms with Crippen molar-refractivity contribution in [2.75, 3.05) is 13.1 Å². The van der Waals surface area contributed by atoms with Crippen molar-refractivity contribution in [3.05, 3.63) is 157 Å². The molecule has 2 aliphatic heterocycles. The number of rotatable bonds is 49. The monoisotopic (exact) mass is 1650 g/mol. The van der Waals surface area contributed by atoms with E-state index in [9.17, 15) is 9.59 Å². The van der Waals surface area contributed by atoms with Gasteiger partial charge in [0.15, 0.2) is 0 Å². The number of unbranched alkanes of at least 4 members (excludes halogenated alkanes) is 22. The van der Waals surface area contributed by atoms with Gasteiger partial charge in [-0.05, 0) is 154 Å². The molecule has 6 aromatic heterocycles. The molecule has 0 spiro atoms. The Bertz CT molecular complexity index is 3930. The van der Waals surface area contributed by atoms with Crippen molar-refractivity contribution in [3.8, 4) is 20.9 Å². The summed E-state index contributed by atoms with van der Waals surface area (Å²) in [5, 5.41) is -0.231. The van der Waals surface area contributed by atoms with Gasteiger partial charge in [0, 0.05) is 143 Å². The summed E-state index contributed by atoms with van der Waals surface area (Å²) in [7, 11) is 0. The Morgan fingerprint density at radius 1 is 0.385 bits per heavy atom. The lowest BCUT2D eigenvalue weighted by molar-refractivity contribution is -0.126. The van der Waals surface area contributed by atoms with Gasteiger partial charge in [-0.1, -0.05) is 231 Å². The van der Waals surface area contributed by atoms with Crippen molar-refractivity contribution in [2.24, 2.45) is 0 Å². The number of nitrogens with zero attached hydrogens (tertiary/aromatic N) is 2. The molecule has 4 aliphatic rings. The zero-order valence-electron chi connectivity index (χ0n) is 62.6. The van der Waals surface area contributed by atoms with E-state index in [1.807, 2.05) is 125 Å². The molecule has 2 aliphatic carbocycles. The highest BCUT2D eigenvalue weighted by Crippen LogP contribution is 2.61. The fraction of sp³-hybridized carbons (Fsp3) is 0.535. The molecule has 4 nitrogen and oxygen atoms in total. The number of hydrogen-bond donors (Lipinski definition) is 0. The van der Waals surface area contributed by atoms with Gasteiger partial charge in [0.25, 0.3) is 5.91 Å². The fourth-order valence-corrected chi connectivity index (χ4v) is 29.0. The van der Waals surface area contributed by atoms with Crippen molar-refractivity contribution in [2.45, 2.75) is 282 Å². The van der Waals surface area contributed by atoms with Gasteiger partial charge in [-0.2, -0.15) is 0 Å². The third kappa shape index (κ3) is 23.0. The molecule has 0 bridgehead atoms. The predicted octanol–water partition coefficient (Wildman–Crippen LogP) is 30.4. The first-order valence-electron chi connectivity index (χ1n) is 39.5. The molecule has 7 aromatic rings. The van der Waals surface area contributed by atoms with Gasteiger partial charge in [-0.3, -0.25) is 19.4 Å². The molecule has 1 atom stereocenters. The molecule has 560 valence electrons. The number of hydrogen-bond acceptors (Lipinski definition) is 16. The largest absolute Gasteiger partial charge is 0.297 e. The molecular formula is C86H110N2O2S14. The van der Waals surface area contributed by atoms with Crippen LogP contribution in [0.25, 0.3) is 38.1 Å². The second-order valence-corrected chi connectivity index (χ2v) is 43.6. The minimum absolute atomic E-state index is 0.0488. The zero-order chi connectivity index (χ0) is 72.6. The maximum absolute atomic E-state index is 14.6. The first-order chi connectivity index (χ1) is 51.0. The molecule has 0 N–H and O–H groups in total. The number of aryl methyl sites for hydroxylation is 4. The second-order valence-electron chi connectivity index (χ2n) is 28.4. The summed E-state index contributed by atoms with van der Waals surface area (Å²) in [6.07, 6.45) is 41.9. The van der Waals surface area contributed by atoms with E-state index in [4.69, 9.17) is 24.4 Å². The number of benzene rings is 1. The van der Waals surface area contributed by atoms with E-state index in [1.54, 1.807) is 11.8 Å². The smallest absolute Gasteiger partial charge is 0.266 e. The average molecular weight is 1650 g/mol. The lowest BCUT2D eigenvalue weighted by atomic mass is 9.98. The van der Waals surface area contributed by atoms with E-state index in [0.717, 1.165) is 95.0 Å². The lowest BCUT2D eigenvalue weighted by Gasteiger charge is -2.16. The molecule has 104 heavy (non-hydrogen) atoms. The summed E-state index contributed by atoms with van der Waals surface area (Å²) in [4.78, 5) is 50.4. The Hall–Kier alpha value is -2.14. The SMILES string of the molecule is CCCCCCCCN1C(=O)/C(=C\c2cc3c(s2)-c2cc4c(cc2C3=C(SCc2ccc(CCCCCC)s2)SCc2ccc(CCCCCC)s2)-c2sc(CC3SC(=S)N(CCCCCCCC)C3=O)cc2C4=C(SCc2ccc(CCCCCC)s2)SCc2ccc(CCCCCC)s2)SC1=S. The molecule has 0 radical (unpaired) electrons. The van der Waals surface area contributed by atoms with Crippen molar-refractivity contribution in [1.29, 1.82) is 0 Å². The van der Waals surface area contributed by atoms with Crippen LogP contribution >= 0.6 is 163 Å². The number of thioether (sulfide) groups is 6. The minimum Gasteiger partial charge on any atom is -0.297 e. The summed E-state index contributed by atoms with van der Waals surface area (Å²) in [5.74, 6) is 3.86. The van der Waals surface area contributed by atoms with Gasteiger partial charge in [0.1, 0.15) is 8.64 Å². The van der Waals surface area contributed by atoms with E-state index < -0.39 is 0 Å². The van der Waals surface area contributed by atoms with Crippen molar-refractivity contribution in [3.63, 3.8) is 0 Å². The highest BCUT2D eigenvalue weighted by Gasteiger charge is 2.40. The van der Waals surface area contributed by atoms with Crippen LogP contribution in [0.15, 0.2) is 86.2 Å². The molecule has 0 saturated carbocycles. The molecule has 1 aromatic carbocycles. The van der Waals surface area contributed by atoms with Gasteiger partial charge in [0.05, 0.1) is 10.2 Å². The minimum atomic E-state index is -0.231. The Balaban J connectivity index is 1.03. The van der Waals surface area contributed by atoms with Crippen LogP contribution in [0.1, 0.15) is 292 Å². The van der Waals surface area contributed by atoms with Crippen LogP contribution in [0.4, 0.5) is 0 Å². The first kappa shape index (κ1) is 82.8. The van der Waals surface area contributed by atoms with E-state index in [1.165, 1.54) is 273 Å². The van der Waals surface area contributed by atoms with Crippen LogP contribution in [-0.2, 0) is 64.7 Å². The van der Waals surface area contributed by atoms with Crippen LogP contribution in [-0.4, -0.2) is 48.6 Å². The zero-order valence-corrected chi connectivity index (χ0v) is 74.0. The summed E-state index contributed by atoms with van der Waals surface area (Å²) in [5.41, 5.74) is 10.5. The normalized spacial score (nSPS) is 15.2. The van der Waals surface area contributed by atoms with E-state index in [-0.39, 0.29) is 17.1 Å². The average Bonchev–Trinajstić information content (AvgIpc) is 1.55. The second kappa shape index (κ2) is 43.6. The number of thiocarbonyl (C=S) groups is 2. The third-order valence-corrected chi connectivity index (χ3v) is 35.7. The Kier molecular flexibility index (Phi) is 34.7. The number of carbonyl (C=O) groups is 2. The van der Waals surface area contributed by atoms with Crippen LogP contribution in [0.2, 0.25) is 0 Å². The summed E-state index contributed by atoms with van der Waals surface area (Å²) in [6.45, 7) is 15.1. The van der Waals surface area contributed by atoms with Crippen LogP contribution in [0.3, 0.4) is 0 Å². The van der Waals surface area contributed by atoms with E-state index >= 15 is 0 Å². The van der Waals surface area contributed by atoms with Gasteiger partial charge < -0.3 is 0 Å². The van der Waals surface area contributed by atoms with Crippen molar-refractivity contribution < 1.29 is 9.59 Å². The lowest BCUT2D eigenvalue weighted by Crippen LogP contribution is -2.32. The highest BCUT2D eigenvalue weighted by molar-refractivity contribution is 8.27. The molecule has 18 heteroatoms. The van der Waals surface area contributed by atoms with Crippen molar-refractivity contribution >= 4 is 201 Å². The summed E-state index contributed by atoms with van der Waals surface area (Å²) < 4.78 is 4.16. The number of fused-ring (bicyclic) bond motifs is 6. The van der Waals surface area contributed by atoms with Gasteiger partial charge >= 0.3 is 0 Å².